The van der Waals surface area contributed by atoms with E-state index in [1.54, 1.807) is 25.3 Å². The van der Waals surface area contributed by atoms with Crippen molar-refractivity contribution in [2.45, 2.75) is 26.6 Å². The number of aromatic nitrogens is 5. The summed E-state index contributed by atoms with van der Waals surface area (Å²) in [5.41, 5.74) is -1.20. The van der Waals surface area contributed by atoms with Crippen LogP contribution in [0.25, 0.3) is 5.65 Å². The van der Waals surface area contributed by atoms with Crippen LogP contribution in [-0.4, -0.2) is 23.1 Å². The van der Waals surface area contributed by atoms with E-state index in [2.05, 4.69) is 18.1 Å². The quantitative estimate of drug-likeness (QED) is 0.556. The van der Waals surface area contributed by atoms with Crippen LogP contribution in [0.5, 0.6) is 0 Å². The molecule has 0 fully saturated rings. The highest BCUT2D eigenvalue weighted by molar-refractivity contribution is 5.46. The van der Waals surface area contributed by atoms with Crippen molar-refractivity contribution in [1.82, 2.24) is 23.1 Å². The van der Waals surface area contributed by atoms with Gasteiger partial charge in [0, 0.05) is 12.3 Å². The maximum absolute atomic E-state index is 12.7. The summed E-state index contributed by atoms with van der Waals surface area (Å²) in [5.74, 6) is 0. The lowest BCUT2D eigenvalue weighted by Crippen LogP contribution is -2.54. The lowest BCUT2D eigenvalue weighted by Gasteiger charge is -2.12. The minimum atomic E-state index is -0.790. The van der Waals surface area contributed by atoms with Crippen LogP contribution in [0.4, 0.5) is 0 Å². The molecule has 0 aliphatic rings. The van der Waals surface area contributed by atoms with Crippen molar-refractivity contribution >= 4 is 5.65 Å². The number of pyridine rings is 1. The Hall–Kier alpha value is -3.75. The van der Waals surface area contributed by atoms with Gasteiger partial charge in [0.1, 0.15) is 5.65 Å². The maximum Gasteiger partial charge on any atom is 0.336 e. The Labute approximate surface area is 158 Å². The van der Waals surface area contributed by atoms with Gasteiger partial charge in [0.2, 0.25) is 0 Å². The lowest BCUT2D eigenvalue weighted by molar-refractivity contribution is 0.495. The van der Waals surface area contributed by atoms with Gasteiger partial charge in [0.15, 0.2) is 0 Å². The van der Waals surface area contributed by atoms with E-state index in [9.17, 15) is 19.2 Å². The van der Waals surface area contributed by atoms with Gasteiger partial charge in [-0.05, 0) is 18.6 Å². The molecular weight excluding hydrogens is 362 g/mol. The molecule has 0 saturated heterocycles. The fraction of sp³-hybridized carbons (Fsp3) is 0.211. The van der Waals surface area contributed by atoms with Crippen LogP contribution >= 0.6 is 0 Å². The number of allylic oxidation sites excluding steroid dienone is 2. The minimum Gasteiger partial charge on any atom is -0.269 e. The van der Waals surface area contributed by atoms with Crippen molar-refractivity contribution in [1.29, 1.82) is 0 Å². The third-order valence-electron chi connectivity index (χ3n) is 4.27. The molecule has 9 heteroatoms. The predicted octanol–water partition coefficient (Wildman–Crippen LogP) is -0.0917. The average molecular weight is 381 g/mol. The first-order chi connectivity index (χ1) is 13.4. The van der Waals surface area contributed by atoms with Crippen LogP contribution in [0.2, 0.25) is 0 Å². The Kier molecular flexibility index (Phi) is 5.08. The van der Waals surface area contributed by atoms with Crippen LogP contribution in [0.1, 0.15) is 11.3 Å². The third-order valence-corrected chi connectivity index (χ3v) is 4.27. The number of nitrogens with zero attached hydrogens (tertiary/aromatic N) is 5. The van der Waals surface area contributed by atoms with Gasteiger partial charge in [-0.2, -0.15) is 0 Å². The van der Waals surface area contributed by atoms with E-state index < -0.39 is 17.1 Å². The Balaban J connectivity index is 2.25. The summed E-state index contributed by atoms with van der Waals surface area (Å²) in [4.78, 5) is 54.6. The minimum absolute atomic E-state index is 0.0536. The largest absolute Gasteiger partial charge is 0.336 e. The van der Waals surface area contributed by atoms with E-state index in [0.29, 0.717) is 5.65 Å². The van der Waals surface area contributed by atoms with Crippen LogP contribution in [-0.2, 0) is 19.6 Å². The van der Waals surface area contributed by atoms with E-state index in [0.717, 1.165) is 19.3 Å². The first-order valence-electron chi connectivity index (χ1n) is 8.53. The monoisotopic (exact) mass is 381 g/mol. The van der Waals surface area contributed by atoms with Crippen LogP contribution < -0.4 is 22.6 Å². The topological polar surface area (TPSA) is 100 Å². The zero-order valence-corrected chi connectivity index (χ0v) is 15.4. The molecule has 0 atom stereocenters. The molecule has 144 valence electrons. The van der Waals surface area contributed by atoms with Crippen LogP contribution in [0, 0.1) is 6.92 Å². The molecule has 3 rings (SSSR count). The summed E-state index contributed by atoms with van der Waals surface area (Å²) in [6.45, 7) is 8.52. The van der Waals surface area contributed by atoms with Gasteiger partial charge >= 0.3 is 17.1 Å². The molecule has 0 aromatic carbocycles. The zero-order chi connectivity index (χ0) is 20.4. The molecular formula is C19H19N5O4. The molecule has 3 aromatic heterocycles. The maximum atomic E-state index is 12.7. The molecule has 28 heavy (non-hydrogen) atoms. The van der Waals surface area contributed by atoms with Gasteiger partial charge in [0.05, 0.1) is 25.3 Å². The van der Waals surface area contributed by atoms with E-state index in [1.165, 1.54) is 22.6 Å². The Morgan fingerprint density at radius 1 is 0.964 bits per heavy atom. The summed E-state index contributed by atoms with van der Waals surface area (Å²) >= 11 is 0. The first kappa shape index (κ1) is 19.0. The standard InChI is InChI=1S/C19H19N5O4/c1-4-8-22-17(26)23(9-5-2)19(28)24(18(22)27)12-14-11-15(25)21-10-6-7-13(3)16(21)20-14/h4-7,10-11H,1-2,8-9,12H2,3H3. The van der Waals surface area contributed by atoms with Crippen molar-refractivity contribution in [3.05, 3.63) is 103 Å². The Morgan fingerprint density at radius 3 is 2.11 bits per heavy atom. The number of hydrogen-bond donors (Lipinski definition) is 0. The van der Waals surface area contributed by atoms with Crippen LogP contribution in [0.3, 0.4) is 0 Å². The highest BCUT2D eigenvalue weighted by atomic mass is 16.2. The number of aryl methyl sites for hydroxylation is 1. The molecule has 9 nitrogen and oxygen atoms in total. The third kappa shape index (κ3) is 3.18. The summed E-state index contributed by atoms with van der Waals surface area (Å²) in [5, 5.41) is 0. The first-order valence-corrected chi connectivity index (χ1v) is 8.53. The smallest absolute Gasteiger partial charge is 0.269 e. The van der Waals surface area contributed by atoms with E-state index in [1.807, 2.05) is 0 Å². The Bertz CT molecular complexity index is 1280. The van der Waals surface area contributed by atoms with Gasteiger partial charge in [-0.3, -0.25) is 9.20 Å². The number of rotatable bonds is 6. The molecule has 0 amide bonds. The molecule has 0 saturated carbocycles. The van der Waals surface area contributed by atoms with Crippen molar-refractivity contribution in [2.75, 3.05) is 0 Å². The van der Waals surface area contributed by atoms with E-state index in [-0.39, 0.29) is 30.9 Å². The zero-order valence-electron chi connectivity index (χ0n) is 15.4. The predicted molar refractivity (Wildman–Crippen MR) is 105 cm³/mol. The van der Waals surface area contributed by atoms with Crippen molar-refractivity contribution in [3.8, 4) is 0 Å². The van der Waals surface area contributed by atoms with Crippen molar-refractivity contribution in [2.24, 2.45) is 0 Å². The van der Waals surface area contributed by atoms with Gasteiger partial charge in [0.25, 0.3) is 5.56 Å². The fourth-order valence-electron chi connectivity index (χ4n) is 2.94. The molecule has 3 heterocycles. The van der Waals surface area contributed by atoms with Crippen LogP contribution in [0.15, 0.2) is 68.9 Å². The molecule has 0 radical (unpaired) electrons. The average Bonchev–Trinajstić information content (AvgIpc) is 2.67. The van der Waals surface area contributed by atoms with Gasteiger partial charge in [-0.15, -0.1) is 13.2 Å². The fourth-order valence-corrected chi connectivity index (χ4v) is 2.94. The Morgan fingerprint density at radius 2 is 1.54 bits per heavy atom. The number of hydrogen-bond acceptors (Lipinski definition) is 5. The van der Waals surface area contributed by atoms with E-state index in [4.69, 9.17) is 0 Å². The normalized spacial score (nSPS) is 10.9. The van der Waals surface area contributed by atoms with Crippen molar-refractivity contribution < 1.29 is 0 Å². The second-order valence-electron chi connectivity index (χ2n) is 6.20. The molecule has 0 unspecified atom stereocenters. The van der Waals surface area contributed by atoms with Gasteiger partial charge in [-0.25, -0.2) is 33.1 Å². The summed E-state index contributed by atoms with van der Waals surface area (Å²) < 4.78 is 4.06. The second-order valence-corrected chi connectivity index (χ2v) is 6.20. The summed E-state index contributed by atoms with van der Waals surface area (Å²) in [7, 11) is 0. The SMILES string of the molecule is C=CCn1c(=O)n(CC=C)c(=O)n(Cc2cc(=O)n3cccc(C)c3n2)c1=O. The summed E-state index contributed by atoms with van der Waals surface area (Å²) in [6, 6.07) is 4.80. The molecule has 0 aliphatic heterocycles. The molecule has 0 aliphatic carbocycles. The second kappa shape index (κ2) is 7.47. The van der Waals surface area contributed by atoms with Gasteiger partial charge in [-0.1, -0.05) is 18.2 Å². The molecule has 3 aromatic rings. The lowest BCUT2D eigenvalue weighted by atomic mass is 10.3. The number of fused-ring (bicyclic) bond motifs is 1. The molecule has 0 N–H and O–H groups in total. The highest BCUT2D eigenvalue weighted by Gasteiger charge is 2.15. The summed E-state index contributed by atoms with van der Waals surface area (Å²) in [6.07, 6.45) is 4.37. The van der Waals surface area contributed by atoms with Gasteiger partial charge < -0.3 is 0 Å². The van der Waals surface area contributed by atoms with E-state index >= 15 is 0 Å². The van der Waals surface area contributed by atoms with Crippen molar-refractivity contribution in [3.63, 3.8) is 0 Å². The molecule has 0 spiro atoms. The highest BCUT2D eigenvalue weighted by Crippen LogP contribution is 2.05. The molecule has 0 bridgehead atoms.